The molecule has 5 aromatic rings. The van der Waals surface area contributed by atoms with Crippen LogP contribution >= 0.6 is 32.1 Å². The van der Waals surface area contributed by atoms with Crippen molar-refractivity contribution in [2.45, 2.75) is 6.92 Å². The first-order chi connectivity index (χ1) is 18.6. The van der Waals surface area contributed by atoms with Crippen LogP contribution in [0.1, 0.15) is 15.9 Å². The number of nitrogens with zero attached hydrogens (tertiary/aromatic N) is 1. The number of nitrogens with two attached hydrogens (primary N) is 1. The Morgan fingerprint density at radius 2 is 1.12 bits per heavy atom. The SMILES string of the molecule is Cc1ccc(C(=O)N/C(=C\[n+]2ccccc2N)[P+](c2ccccc2)(c2ccccc2)c2ccccc2)cc1.Cl.Cl. The number of halogens is 2. The Bertz CT molecular complexity index is 1470. The normalized spacial score (nSPS) is 11.1. The number of amides is 1. The molecule has 0 aliphatic carbocycles. The topological polar surface area (TPSA) is 59.0 Å². The fourth-order valence-corrected chi connectivity index (χ4v) is 8.79. The third kappa shape index (κ3) is 6.26. The minimum absolute atomic E-state index is 0. The number of carbonyl (C=O) groups excluding carboxylic acids is 1. The summed E-state index contributed by atoms with van der Waals surface area (Å²) in [7, 11) is -2.58. The van der Waals surface area contributed by atoms with E-state index in [0.29, 0.717) is 11.4 Å². The molecule has 1 aromatic heterocycles. The van der Waals surface area contributed by atoms with Crippen molar-refractivity contribution in [2.24, 2.45) is 0 Å². The monoisotopic (exact) mass is 587 g/mol. The van der Waals surface area contributed by atoms with Crippen molar-refractivity contribution in [3.8, 4) is 0 Å². The first-order valence-corrected chi connectivity index (χ1v) is 14.3. The summed E-state index contributed by atoms with van der Waals surface area (Å²) in [5.41, 5.74) is 8.89. The van der Waals surface area contributed by atoms with Crippen LogP contribution in [0, 0.1) is 6.92 Å². The summed E-state index contributed by atoms with van der Waals surface area (Å²) >= 11 is 0. The molecule has 0 aliphatic rings. The Morgan fingerprint density at radius 3 is 1.57 bits per heavy atom. The molecule has 3 N–H and O–H groups in total. The summed E-state index contributed by atoms with van der Waals surface area (Å²) in [6.45, 7) is 2.01. The second-order valence-corrected chi connectivity index (χ2v) is 12.4. The maximum Gasteiger partial charge on any atom is 0.277 e. The smallest absolute Gasteiger partial charge is 0.277 e. The van der Waals surface area contributed by atoms with E-state index in [0.717, 1.165) is 26.9 Å². The van der Waals surface area contributed by atoms with Crippen LogP contribution in [0.5, 0.6) is 0 Å². The molecule has 0 spiro atoms. The highest BCUT2D eigenvalue weighted by Crippen LogP contribution is 2.61. The van der Waals surface area contributed by atoms with E-state index in [1.54, 1.807) is 0 Å². The van der Waals surface area contributed by atoms with Crippen LogP contribution in [0.25, 0.3) is 6.20 Å². The van der Waals surface area contributed by atoms with Gasteiger partial charge in [-0.3, -0.25) is 15.8 Å². The second kappa shape index (κ2) is 13.9. The Kier molecular flexibility index (Phi) is 10.6. The van der Waals surface area contributed by atoms with Crippen LogP contribution in [0.2, 0.25) is 0 Å². The van der Waals surface area contributed by atoms with E-state index < -0.39 is 7.26 Å². The van der Waals surface area contributed by atoms with Gasteiger partial charge in [0.15, 0.2) is 13.5 Å². The van der Waals surface area contributed by atoms with Crippen molar-refractivity contribution < 1.29 is 9.36 Å². The molecule has 0 atom stereocenters. The molecule has 1 heterocycles. The molecule has 4 nitrogen and oxygen atoms in total. The number of nitrogens with one attached hydrogen (secondary N) is 1. The van der Waals surface area contributed by atoms with E-state index in [4.69, 9.17) is 5.73 Å². The number of aryl methyl sites for hydroxylation is 1. The summed E-state index contributed by atoms with van der Waals surface area (Å²) in [4.78, 5) is 13.8. The highest BCUT2D eigenvalue weighted by molar-refractivity contribution is 7.99. The largest absolute Gasteiger partial charge is 0.289 e. The zero-order valence-corrected chi connectivity index (χ0v) is 24.6. The number of aromatic nitrogens is 1. The van der Waals surface area contributed by atoms with Crippen molar-refractivity contribution in [1.29, 1.82) is 0 Å². The number of hydrogen-bond acceptors (Lipinski definition) is 2. The third-order valence-corrected chi connectivity index (χ3v) is 10.7. The van der Waals surface area contributed by atoms with Crippen LogP contribution < -0.4 is 31.5 Å². The van der Waals surface area contributed by atoms with Crippen molar-refractivity contribution >= 4 is 65.9 Å². The molecule has 0 radical (unpaired) electrons. The zero-order chi connectivity index (χ0) is 26.4. The summed E-state index contributed by atoms with van der Waals surface area (Å²) in [6.07, 6.45) is 3.88. The lowest BCUT2D eigenvalue weighted by atomic mass is 10.1. The lowest BCUT2D eigenvalue weighted by Crippen LogP contribution is -2.41. The van der Waals surface area contributed by atoms with E-state index >= 15 is 0 Å². The molecule has 0 saturated carbocycles. The number of carbonyl (C=O) groups is 1. The van der Waals surface area contributed by atoms with E-state index in [1.807, 2.05) is 84.6 Å². The summed E-state index contributed by atoms with van der Waals surface area (Å²) in [5, 5.41) is 6.74. The van der Waals surface area contributed by atoms with Crippen LogP contribution in [-0.4, -0.2) is 5.91 Å². The average molecular weight is 589 g/mol. The maximum absolute atomic E-state index is 13.8. The number of anilines is 1. The lowest BCUT2D eigenvalue weighted by Gasteiger charge is -2.29. The first kappa shape index (κ1) is 30.6. The van der Waals surface area contributed by atoms with Crippen molar-refractivity contribution in [1.82, 2.24) is 5.32 Å². The molecule has 0 aliphatic heterocycles. The Balaban J connectivity index is 0.00000220. The predicted molar refractivity (Wildman–Crippen MR) is 174 cm³/mol. The van der Waals surface area contributed by atoms with E-state index in [-0.39, 0.29) is 30.7 Å². The van der Waals surface area contributed by atoms with Gasteiger partial charge in [-0.15, -0.1) is 24.8 Å². The van der Waals surface area contributed by atoms with Gasteiger partial charge in [0, 0.05) is 11.6 Å². The Morgan fingerprint density at radius 1 is 0.675 bits per heavy atom. The predicted octanol–water partition coefficient (Wildman–Crippen LogP) is 5.89. The van der Waals surface area contributed by atoms with E-state index in [9.17, 15) is 4.79 Å². The number of benzene rings is 4. The number of hydrogen-bond donors (Lipinski definition) is 2. The molecule has 40 heavy (non-hydrogen) atoms. The third-order valence-electron chi connectivity index (χ3n) is 6.53. The van der Waals surface area contributed by atoms with Crippen molar-refractivity contribution in [3.05, 3.63) is 156 Å². The van der Waals surface area contributed by atoms with Gasteiger partial charge in [-0.1, -0.05) is 78.4 Å². The van der Waals surface area contributed by atoms with Crippen LogP contribution in [-0.2, 0) is 0 Å². The molecule has 0 unspecified atom stereocenters. The fourth-order valence-electron chi connectivity index (χ4n) is 4.63. The molecule has 0 fully saturated rings. The maximum atomic E-state index is 13.8. The Labute approximate surface area is 248 Å². The quantitative estimate of drug-likeness (QED) is 0.184. The Hall–Kier alpha value is -3.95. The van der Waals surface area contributed by atoms with Gasteiger partial charge < -0.3 is 0 Å². The summed E-state index contributed by atoms with van der Waals surface area (Å²) in [5.74, 6) is 0.403. The average Bonchev–Trinajstić information content (AvgIpc) is 2.97. The van der Waals surface area contributed by atoms with Gasteiger partial charge in [0.1, 0.15) is 15.9 Å². The van der Waals surface area contributed by atoms with Crippen molar-refractivity contribution in [2.75, 3.05) is 5.73 Å². The highest BCUT2D eigenvalue weighted by Gasteiger charge is 2.51. The number of rotatable bonds is 7. The van der Waals surface area contributed by atoms with E-state index in [1.165, 1.54) is 0 Å². The molecular weight excluding hydrogens is 556 g/mol. The van der Waals surface area contributed by atoms with Crippen LogP contribution in [0.15, 0.2) is 145 Å². The van der Waals surface area contributed by atoms with Crippen LogP contribution in [0.4, 0.5) is 5.82 Å². The van der Waals surface area contributed by atoms with Gasteiger partial charge in [-0.2, -0.15) is 0 Å². The molecule has 0 saturated heterocycles. The van der Waals surface area contributed by atoms with Gasteiger partial charge in [0.2, 0.25) is 5.44 Å². The number of nitrogen functional groups attached to an aromatic ring is 1. The first-order valence-electron chi connectivity index (χ1n) is 12.5. The standard InChI is InChI=1S/C33H28N3OP.2ClH/c1-26-20-22-27(23-21-26)33(37)35-32(25-36-24-12-11-19-31(36)34)38(28-13-5-2-6-14-28,29-15-7-3-8-16-29)30-17-9-4-10-18-30;;/h2-25,34H,1H3;2*1H/p+2/b32-25+;;. The number of pyridine rings is 1. The van der Waals surface area contributed by atoms with Gasteiger partial charge >= 0.3 is 0 Å². The molecule has 7 heteroatoms. The molecule has 5 rings (SSSR count). The van der Waals surface area contributed by atoms with Gasteiger partial charge in [0.25, 0.3) is 11.7 Å². The summed E-state index contributed by atoms with van der Waals surface area (Å²) in [6, 6.07) is 44.6. The van der Waals surface area contributed by atoms with Crippen molar-refractivity contribution in [3.63, 3.8) is 0 Å². The highest BCUT2D eigenvalue weighted by atomic mass is 35.5. The molecule has 202 valence electrons. The summed E-state index contributed by atoms with van der Waals surface area (Å²) < 4.78 is 1.87. The lowest BCUT2D eigenvalue weighted by molar-refractivity contribution is -0.552. The van der Waals surface area contributed by atoms with Gasteiger partial charge in [0.05, 0.1) is 6.20 Å². The fraction of sp³-hybridized carbons (Fsp3) is 0.0303. The van der Waals surface area contributed by atoms with Gasteiger partial charge in [-0.25, -0.2) is 4.57 Å². The second-order valence-electron chi connectivity index (χ2n) is 9.04. The zero-order valence-electron chi connectivity index (χ0n) is 22.1. The molecule has 1 amide bonds. The molecule has 4 aromatic carbocycles. The van der Waals surface area contributed by atoms with E-state index in [2.05, 4.69) is 78.1 Å². The van der Waals surface area contributed by atoms with Crippen LogP contribution in [0.3, 0.4) is 0 Å². The molecule has 0 bridgehead atoms. The minimum Gasteiger partial charge on any atom is -0.289 e. The van der Waals surface area contributed by atoms with Gasteiger partial charge in [-0.05, 0) is 61.5 Å². The minimum atomic E-state index is -2.58. The molecular formula is C33H32Cl2N3OP+2.